The van der Waals surface area contributed by atoms with E-state index in [1.807, 2.05) is 0 Å². The molecule has 0 bridgehead atoms. The van der Waals surface area contributed by atoms with E-state index < -0.39 is 23.7 Å². The highest BCUT2D eigenvalue weighted by Gasteiger charge is 2.21. The van der Waals surface area contributed by atoms with Crippen molar-refractivity contribution in [2.45, 2.75) is 39.3 Å². The van der Waals surface area contributed by atoms with Gasteiger partial charge in [-0.25, -0.2) is 14.6 Å². The normalized spacial score (nSPS) is 12.9. The van der Waals surface area contributed by atoms with E-state index in [1.54, 1.807) is 27.7 Å². The minimum atomic E-state index is -1.19. The SMILES string of the molecule is CC(NC(=O)OC(C)(C)C)c1nc(C(=O)O)co1. The van der Waals surface area contributed by atoms with Crippen molar-refractivity contribution < 1.29 is 23.8 Å². The van der Waals surface area contributed by atoms with Crippen LogP contribution in [0, 0.1) is 0 Å². The number of carboxylic acid groups (broad SMARTS) is 1. The van der Waals surface area contributed by atoms with E-state index in [9.17, 15) is 9.59 Å². The van der Waals surface area contributed by atoms with Crippen molar-refractivity contribution in [3.63, 3.8) is 0 Å². The van der Waals surface area contributed by atoms with Crippen LogP contribution in [0.4, 0.5) is 4.79 Å². The third-order valence-electron chi connectivity index (χ3n) is 1.84. The molecule has 0 aliphatic rings. The maximum Gasteiger partial charge on any atom is 0.408 e. The van der Waals surface area contributed by atoms with E-state index in [-0.39, 0.29) is 11.6 Å². The molecule has 18 heavy (non-hydrogen) atoms. The average Bonchev–Trinajstić information content (AvgIpc) is 2.62. The number of rotatable bonds is 3. The number of aromatic carboxylic acids is 1. The molecule has 1 aromatic heterocycles. The van der Waals surface area contributed by atoms with Crippen LogP contribution in [0.3, 0.4) is 0 Å². The number of hydrogen-bond donors (Lipinski definition) is 2. The fraction of sp³-hybridized carbons (Fsp3) is 0.545. The fourth-order valence-electron chi connectivity index (χ4n) is 1.13. The van der Waals surface area contributed by atoms with Gasteiger partial charge in [0.2, 0.25) is 5.89 Å². The minimum Gasteiger partial charge on any atom is -0.476 e. The lowest BCUT2D eigenvalue weighted by Crippen LogP contribution is -2.34. The Balaban J connectivity index is 2.62. The van der Waals surface area contributed by atoms with Crippen molar-refractivity contribution >= 4 is 12.1 Å². The number of nitrogens with one attached hydrogen (secondary N) is 1. The van der Waals surface area contributed by atoms with Crippen molar-refractivity contribution in [2.24, 2.45) is 0 Å². The lowest BCUT2D eigenvalue weighted by molar-refractivity contribution is 0.0500. The second-order valence-electron chi connectivity index (χ2n) is 4.74. The Morgan fingerprint density at radius 2 is 2.11 bits per heavy atom. The molecule has 1 unspecified atom stereocenters. The highest BCUT2D eigenvalue weighted by Crippen LogP contribution is 2.13. The molecule has 1 rings (SSSR count). The van der Waals surface area contributed by atoms with Gasteiger partial charge in [0, 0.05) is 0 Å². The molecule has 7 heteroatoms. The van der Waals surface area contributed by atoms with Crippen LogP contribution in [0.25, 0.3) is 0 Å². The van der Waals surface area contributed by atoms with Gasteiger partial charge in [-0.1, -0.05) is 0 Å². The highest BCUT2D eigenvalue weighted by atomic mass is 16.6. The molecular formula is C11H16N2O5. The summed E-state index contributed by atoms with van der Waals surface area (Å²) in [5, 5.41) is 11.2. The molecule has 7 nitrogen and oxygen atoms in total. The van der Waals surface area contributed by atoms with Crippen molar-refractivity contribution in [3.8, 4) is 0 Å². The molecule has 1 aromatic rings. The highest BCUT2D eigenvalue weighted by molar-refractivity contribution is 5.84. The minimum absolute atomic E-state index is 0.109. The van der Waals surface area contributed by atoms with Crippen molar-refractivity contribution in [1.29, 1.82) is 0 Å². The van der Waals surface area contributed by atoms with Crippen LogP contribution >= 0.6 is 0 Å². The zero-order valence-electron chi connectivity index (χ0n) is 10.7. The number of nitrogens with zero attached hydrogens (tertiary/aromatic N) is 1. The molecular weight excluding hydrogens is 240 g/mol. The van der Waals surface area contributed by atoms with Crippen molar-refractivity contribution in [3.05, 3.63) is 17.8 Å². The number of aromatic nitrogens is 1. The first-order chi connectivity index (χ1) is 8.19. The molecule has 0 aliphatic heterocycles. The lowest BCUT2D eigenvalue weighted by Gasteiger charge is -2.20. The molecule has 0 aromatic carbocycles. The second kappa shape index (κ2) is 5.07. The first kappa shape index (κ1) is 14.0. The molecule has 0 fully saturated rings. The predicted molar refractivity (Wildman–Crippen MR) is 61.2 cm³/mol. The van der Waals surface area contributed by atoms with Gasteiger partial charge in [-0.15, -0.1) is 0 Å². The summed E-state index contributed by atoms with van der Waals surface area (Å²) in [5.41, 5.74) is -0.810. The monoisotopic (exact) mass is 256 g/mol. The quantitative estimate of drug-likeness (QED) is 0.857. The van der Waals surface area contributed by atoms with Crippen LogP contribution in [0.5, 0.6) is 0 Å². The Bertz CT molecular complexity index is 447. The number of carbonyl (C=O) groups excluding carboxylic acids is 1. The van der Waals surface area contributed by atoms with Gasteiger partial charge >= 0.3 is 12.1 Å². The van der Waals surface area contributed by atoms with E-state index >= 15 is 0 Å². The Hall–Kier alpha value is -2.05. The van der Waals surface area contributed by atoms with Gasteiger partial charge in [0.25, 0.3) is 0 Å². The molecule has 1 heterocycles. The molecule has 0 saturated heterocycles. The Morgan fingerprint density at radius 3 is 2.56 bits per heavy atom. The molecule has 100 valence electrons. The zero-order valence-corrected chi connectivity index (χ0v) is 10.7. The topological polar surface area (TPSA) is 102 Å². The van der Waals surface area contributed by atoms with Crippen LogP contribution in [0.2, 0.25) is 0 Å². The number of carboxylic acids is 1. The average molecular weight is 256 g/mol. The van der Waals surface area contributed by atoms with E-state index in [0.29, 0.717) is 0 Å². The summed E-state index contributed by atoms with van der Waals surface area (Å²) < 4.78 is 10.0. The first-order valence-corrected chi connectivity index (χ1v) is 5.37. The number of ether oxygens (including phenoxy) is 1. The predicted octanol–water partition coefficient (Wildman–Crippen LogP) is 1.96. The second-order valence-corrected chi connectivity index (χ2v) is 4.74. The summed E-state index contributed by atoms with van der Waals surface area (Å²) >= 11 is 0. The van der Waals surface area contributed by atoms with Gasteiger partial charge in [0.15, 0.2) is 5.69 Å². The zero-order chi connectivity index (χ0) is 13.9. The van der Waals surface area contributed by atoms with Crippen LogP contribution in [0.1, 0.15) is 50.1 Å². The molecule has 1 amide bonds. The summed E-state index contributed by atoms with van der Waals surface area (Å²) in [4.78, 5) is 25.8. The van der Waals surface area contributed by atoms with Crippen LogP contribution in [-0.2, 0) is 4.74 Å². The lowest BCUT2D eigenvalue weighted by atomic mass is 10.2. The number of amides is 1. The molecule has 0 saturated carbocycles. The fourth-order valence-corrected chi connectivity index (χ4v) is 1.13. The number of oxazole rings is 1. The van der Waals surface area contributed by atoms with E-state index in [0.717, 1.165) is 6.26 Å². The molecule has 1 atom stereocenters. The van der Waals surface area contributed by atoms with Gasteiger partial charge < -0.3 is 19.6 Å². The summed E-state index contributed by atoms with van der Waals surface area (Å²) in [5.74, 6) is -1.08. The maximum absolute atomic E-state index is 11.5. The van der Waals surface area contributed by atoms with Gasteiger partial charge in [0.1, 0.15) is 17.9 Å². The summed E-state index contributed by atoms with van der Waals surface area (Å²) in [6, 6.07) is -0.576. The van der Waals surface area contributed by atoms with Crippen LogP contribution < -0.4 is 5.32 Å². The first-order valence-electron chi connectivity index (χ1n) is 5.37. The molecule has 0 radical (unpaired) electrons. The van der Waals surface area contributed by atoms with E-state index in [2.05, 4.69) is 10.3 Å². The van der Waals surface area contributed by atoms with Crippen LogP contribution in [0.15, 0.2) is 10.7 Å². The maximum atomic E-state index is 11.5. The molecule has 0 aliphatic carbocycles. The van der Waals surface area contributed by atoms with E-state index in [4.69, 9.17) is 14.3 Å². The van der Waals surface area contributed by atoms with Crippen molar-refractivity contribution in [1.82, 2.24) is 10.3 Å². The standard InChI is InChI=1S/C11H16N2O5/c1-6(12-10(16)18-11(2,3)4)8-13-7(5-17-8)9(14)15/h5-6H,1-4H3,(H,12,16)(H,14,15). The Morgan fingerprint density at radius 1 is 1.50 bits per heavy atom. The van der Waals surface area contributed by atoms with Crippen LogP contribution in [-0.4, -0.2) is 27.8 Å². The molecule has 2 N–H and O–H groups in total. The number of alkyl carbamates (subject to hydrolysis) is 1. The Labute approximate surface area is 104 Å². The third-order valence-corrected chi connectivity index (χ3v) is 1.84. The summed E-state index contributed by atoms with van der Waals surface area (Å²) in [7, 11) is 0. The van der Waals surface area contributed by atoms with Gasteiger partial charge in [0.05, 0.1) is 0 Å². The summed E-state index contributed by atoms with van der Waals surface area (Å²) in [6.45, 7) is 6.84. The van der Waals surface area contributed by atoms with Gasteiger partial charge in [-0.2, -0.15) is 0 Å². The van der Waals surface area contributed by atoms with Crippen molar-refractivity contribution in [2.75, 3.05) is 0 Å². The molecule has 0 spiro atoms. The third kappa shape index (κ3) is 4.08. The number of carbonyl (C=O) groups is 2. The summed E-state index contributed by atoms with van der Waals surface area (Å²) in [6.07, 6.45) is 0.398. The number of hydrogen-bond acceptors (Lipinski definition) is 5. The Kier molecular flexibility index (Phi) is 3.95. The van der Waals surface area contributed by atoms with E-state index in [1.165, 1.54) is 0 Å². The smallest absolute Gasteiger partial charge is 0.408 e. The largest absolute Gasteiger partial charge is 0.476 e. The van der Waals surface area contributed by atoms with Gasteiger partial charge in [-0.3, -0.25) is 0 Å². The van der Waals surface area contributed by atoms with Gasteiger partial charge in [-0.05, 0) is 27.7 Å².